The van der Waals surface area contributed by atoms with Gasteiger partial charge in [0.1, 0.15) is 0 Å². The van der Waals surface area contributed by atoms with Crippen LogP contribution >= 0.6 is 0 Å². The number of amides is 1. The van der Waals surface area contributed by atoms with Gasteiger partial charge in [-0.2, -0.15) is 0 Å². The number of carboxylic acids is 1. The van der Waals surface area contributed by atoms with E-state index in [1.165, 1.54) is 56.1 Å². The summed E-state index contributed by atoms with van der Waals surface area (Å²) in [5, 5.41) is 18.8. The van der Waals surface area contributed by atoms with Crippen molar-refractivity contribution in [1.29, 1.82) is 0 Å². The first kappa shape index (κ1) is 30.5. The zero-order valence-electron chi connectivity index (χ0n) is 27.3. The van der Waals surface area contributed by atoms with Gasteiger partial charge in [0.15, 0.2) is 0 Å². The maximum absolute atomic E-state index is 14.3. The van der Waals surface area contributed by atoms with Crippen molar-refractivity contribution in [1.82, 2.24) is 9.80 Å². The van der Waals surface area contributed by atoms with Crippen LogP contribution in [0.15, 0.2) is 30.3 Å². The first-order valence-electron chi connectivity index (χ1n) is 17.8. The van der Waals surface area contributed by atoms with Crippen molar-refractivity contribution in [3.63, 3.8) is 0 Å². The highest BCUT2D eigenvalue weighted by atomic mass is 16.4. The van der Waals surface area contributed by atoms with Gasteiger partial charge in [0.25, 0.3) is 0 Å². The van der Waals surface area contributed by atoms with E-state index in [0.717, 1.165) is 69.7 Å². The third-order valence-electron chi connectivity index (χ3n) is 14.4. The number of carbonyl (C=O) groups is 2. The number of hydrogen-bond donors (Lipinski definition) is 2. The van der Waals surface area contributed by atoms with E-state index in [-0.39, 0.29) is 22.9 Å². The molecule has 44 heavy (non-hydrogen) atoms. The largest absolute Gasteiger partial charge is 0.478 e. The van der Waals surface area contributed by atoms with Crippen LogP contribution in [-0.2, 0) is 4.79 Å². The highest BCUT2D eigenvalue weighted by Crippen LogP contribution is 2.69. The third kappa shape index (κ3) is 4.63. The highest BCUT2D eigenvalue weighted by molar-refractivity contribution is 5.88. The van der Waals surface area contributed by atoms with Gasteiger partial charge in [0, 0.05) is 32.7 Å². The minimum Gasteiger partial charge on any atom is -0.478 e. The molecule has 6 nitrogen and oxygen atoms in total. The number of β-amino-alcohol motifs (C(OH)–C–C–N with tert-alkyl or cyclic N) is 1. The van der Waals surface area contributed by atoms with Crippen LogP contribution in [0.2, 0.25) is 0 Å². The molecule has 1 saturated heterocycles. The number of nitrogens with zero attached hydrogens (tertiary/aromatic N) is 2. The Kier molecular flexibility index (Phi) is 7.80. The average Bonchev–Trinajstić information content (AvgIpc) is 3.47. The minimum absolute atomic E-state index is 0.0420. The number of carboxylic acid groups (broad SMARTS) is 1. The Morgan fingerprint density at radius 1 is 0.841 bits per heavy atom. The second kappa shape index (κ2) is 11.3. The molecule has 0 aromatic heterocycles. The maximum Gasteiger partial charge on any atom is 0.335 e. The fourth-order valence-electron chi connectivity index (χ4n) is 12.5. The van der Waals surface area contributed by atoms with Crippen LogP contribution in [0.25, 0.3) is 5.57 Å². The van der Waals surface area contributed by atoms with E-state index in [9.17, 15) is 19.8 Å². The molecule has 0 spiro atoms. The van der Waals surface area contributed by atoms with Gasteiger partial charge in [0.2, 0.25) is 5.91 Å². The van der Waals surface area contributed by atoms with Gasteiger partial charge in [-0.1, -0.05) is 45.4 Å². The number of benzene rings is 1. The molecule has 1 aromatic rings. The summed E-state index contributed by atoms with van der Waals surface area (Å²) >= 11 is 0. The second-order valence-electron chi connectivity index (χ2n) is 16.3. The van der Waals surface area contributed by atoms with Gasteiger partial charge < -0.3 is 15.1 Å². The van der Waals surface area contributed by atoms with Crippen molar-refractivity contribution in [2.24, 2.45) is 51.8 Å². The number of aliphatic hydroxyl groups is 1. The summed E-state index contributed by atoms with van der Waals surface area (Å²) in [4.78, 5) is 30.3. The van der Waals surface area contributed by atoms with Crippen molar-refractivity contribution < 1.29 is 19.8 Å². The Balaban J connectivity index is 1.09. The molecule has 5 aliphatic carbocycles. The van der Waals surface area contributed by atoms with E-state index in [1.807, 2.05) is 12.1 Å². The number of hydrogen-bond acceptors (Lipinski definition) is 4. The topological polar surface area (TPSA) is 81.1 Å². The molecular formula is C38H54N2O4. The van der Waals surface area contributed by atoms with E-state index < -0.39 is 5.97 Å². The van der Waals surface area contributed by atoms with E-state index in [1.54, 1.807) is 12.1 Å². The number of carbonyl (C=O) groups excluding carboxylic acids is 1. The van der Waals surface area contributed by atoms with E-state index in [4.69, 9.17) is 0 Å². The molecule has 5 fully saturated rings. The molecule has 8 atom stereocenters. The number of piperazine rings is 1. The summed E-state index contributed by atoms with van der Waals surface area (Å²) in [6.07, 6.45) is 14.7. The Labute approximate surface area is 264 Å². The number of aliphatic hydroxyl groups excluding tert-OH is 1. The number of allylic oxidation sites excluding steroid dienone is 2. The summed E-state index contributed by atoms with van der Waals surface area (Å²) < 4.78 is 0. The SMILES string of the molecule is CC1(C)C(c2ccc(C(=O)O)cc2)=CC[C@]2(C)C3CCC4C(CC[C@@]5(C(=O)N6CCN(CCO)CC6)CCCC45)C3CCC12. The van der Waals surface area contributed by atoms with Crippen LogP contribution in [0.5, 0.6) is 0 Å². The number of rotatable bonds is 5. The van der Waals surface area contributed by atoms with Crippen molar-refractivity contribution in [3.8, 4) is 0 Å². The van der Waals surface area contributed by atoms with E-state index >= 15 is 0 Å². The summed E-state index contributed by atoms with van der Waals surface area (Å²) in [5.41, 5.74) is 3.14. The molecule has 4 saturated carbocycles. The lowest BCUT2D eigenvalue weighted by atomic mass is 9.40. The molecule has 1 aliphatic heterocycles. The Morgan fingerprint density at radius 3 is 2.25 bits per heavy atom. The summed E-state index contributed by atoms with van der Waals surface area (Å²) in [6.45, 7) is 11.8. The normalized spacial score (nSPS) is 39.8. The lowest BCUT2D eigenvalue weighted by Gasteiger charge is -2.64. The van der Waals surface area contributed by atoms with Gasteiger partial charge in [-0.15, -0.1) is 0 Å². The molecule has 2 N–H and O–H groups in total. The first-order chi connectivity index (χ1) is 21.1. The van der Waals surface area contributed by atoms with Gasteiger partial charge in [0.05, 0.1) is 17.6 Å². The molecule has 1 amide bonds. The minimum atomic E-state index is -0.867. The fourth-order valence-corrected chi connectivity index (χ4v) is 12.5. The van der Waals surface area contributed by atoms with Crippen molar-refractivity contribution in [2.45, 2.75) is 85.0 Å². The predicted molar refractivity (Wildman–Crippen MR) is 173 cm³/mol. The Bertz CT molecular complexity index is 1300. The Morgan fingerprint density at radius 2 is 1.55 bits per heavy atom. The summed E-state index contributed by atoms with van der Waals surface area (Å²) in [7, 11) is 0. The molecule has 6 heteroatoms. The summed E-state index contributed by atoms with van der Waals surface area (Å²) in [5.74, 6) is 3.81. The van der Waals surface area contributed by atoms with Crippen LogP contribution in [0, 0.1) is 51.8 Å². The predicted octanol–water partition coefficient (Wildman–Crippen LogP) is 6.59. The van der Waals surface area contributed by atoms with Crippen molar-refractivity contribution in [2.75, 3.05) is 39.3 Å². The zero-order chi connectivity index (χ0) is 30.9. The molecule has 6 unspecified atom stereocenters. The first-order valence-corrected chi connectivity index (χ1v) is 17.8. The maximum atomic E-state index is 14.3. The van der Waals surface area contributed by atoms with E-state index in [0.29, 0.717) is 29.2 Å². The van der Waals surface area contributed by atoms with Crippen LogP contribution in [0.1, 0.15) is 101 Å². The van der Waals surface area contributed by atoms with Gasteiger partial charge >= 0.3 is 5.97 Å². The number of aromatic carboxylic acids is 1. The van der Waals surface area contributed by atoms with Crippen molar-refractivity contribution in [3.05, 3.63) is 41.5 Å². The highest BCUT2D eigenvalue weighted by Gasteiger charge is 2.63. The van der Waals surface area contributed by atoms with Crippen LogP contribution in [0.4, 0.5) is 0 Å². The average molecular weight is 603 g/mol. The van der Waals surface area contributed by atoms with Crippen LogP contribution < -0.4 is 0 Å². The fraction of sp³-hybridized carbons (Fsp3) is 0.737. The Hall–Kier alpha value is -2.18. The molecule has 0 radical (unpaired) electrons. The smallest absolute Gasteiger partial charge is 0.335 e. The van der Waals surface area contributed by atoms with Crippen LogP contribution in [0.3, 0.4) is 0 Å². The summed E-state index contributed by atoms with van der Waals surface area (Å²) in [6, 6.07) is 7.55. The third-order valence-corrected chi connectivity index (χ3v) is 14.4. The van der Waals surface area contributed by atoms with E-state index in [2.05, 4.69) is 36.6 Å². The van der Waals surface area contributed by atoms with Crippen molar-refractivity contribution >= 4 is 17.4 Å². The van der Waals surface area contributed by atoms with Crippen LogP contribution in [-0.4, -0.2) is 71.2 Å². The zero-order valence-corrected chi connectivity index (χ0v) is 27.3. The lowest BCUT2D eigenvalue weighted by molar-refractivity contribution is -0.162. The molecule has 1 heterocycles. The molecule has 0 bridgehead atoms. The number of fused-ring (bicyclic) bond motifs is 7. The molecule has 6 aliphatic rings. The van der Waals surface area contributed by atoms with Gasteiger partial charge in [-0.3, -0.25) is 9.69 Å². The molecule has 1 aromatic carbocycles. The second-order valence-corrected chi connectivity index (χ2v) is 16.3. The standard InChI is InChI=1S/C38H54N2O4/c1-36(2)30(25-6-8-26(9-7-25)34(42)43)15-17-37(3)31-12-10-29-27(28(31)11-13-33(36)37)14-18-38(16-4-5-32(29)38)35(44)40-21-19-39(20-22-40)23-24-41/h6-9,15,27-29,31-33,41H,4-5,10-14,16-24H2,1-3H3,(H,42,43)/t27?,28?,29?,31?,32?,33?,37-,38+/m1/s1. The van der Waals surface area contributed by atoms with Gasteiger partial charge in [-0.25, -0.2) is 4.79 Å². The monoisotopic (exact) mass is 602 g/mol. The molecular weight excluding hydrogens is 548 g/mol. The molecule has 240 valence electrons. The lowest BCUT2D eigenvalue weighted by Crippen LogP contribution is -2.59. The molecule has 7 rings (SSSR count). The van der Waals surface area contributed by atoms with Gasteiger partial charge in [-0.05, 0) is 127 Å². The quantitative estimate of drug-likeness (QED) is 0.398.